The fourth-order valence-electron chi connectivity index (χ4n) is 10.0. The van der Waals surface area contributed by atoms with Crippen LogP contribution in [0.15, 0.2) is 230 Å². The molecule has 0 saturated heterocycles. The highest BCUT2D eigenvalue weighted by atomic mass is 19.1. The summed E-state index contributed by atoms with van der Waals surface area (Å²) in [5, 5.41) is 13.0. The zero-order valence-electron chi connectivity index (χ0n) is 49.6. The average molecular weight is 987 g/mol. The highest BCUT2D eigenvalue weighted by Crippen LogP contribution is 2.52. The van der Waals surface area contributed by atoms with Crippen molar-refractivity contribution >= 4 is 83.5 Å². The van der Waals surface area contributed by atoms with Gasteiger partial charge in [0.05, 0.1) is 67.8 Å². The maximum Gasteiger partial charge on any atom is 0.187 e. The average Bonchev–Trinajstić information content (AvgIpc) is 0.977. The summed E-state index contributed by atoms with van der Waals surface area (Å²) in [6, 6.07) is 40.6. The van der Waals surface area contributed by atoms with Crippen molar-refractivity contribution in [2.45, 2.75) is 0 Å². The molecule has 6 nitrogen and oxygen atoms in total. The minimum atomic E-state index is -0.910. The molecule has 8 heteroatoms. The van der Waals surface area contributed by atoms with Crippen LogP contribution in [0.4, 0.5) is 60.0 Å². The summed E-state index contributed by atoms with van der Waals surface area (Å²) in [7, 11) is 0. The number of hydrogen-bond acceptors (Lipinski definition) is 3. The number of para-hydroxylation sites is 2. The first kappa shape index (κ1) is 36.1. The molecule has 354 valence electrons. The molecule has 0 aromatic heterocycles. The van der Waals surface area contributed by atoms with Gasteiger partial charge in [0.2, 0.25) is 0 Å². The Hall–Kier alpha value is -10.9. The van der Waals surface area contributed by atoms with E-state index in [1.807, 2.05) is 0 Å². The zero-order chi connectivity index (χ0) is 60.6. The molecule has 0 amide bonds. The van der Waals surface area contributed by atoms with Gasteiger partial charge >= 0.3 is 0 Å². The van der Waals surface area contributed by atoms with Crippen molar-refractivity contribution in [3.05, 3.63) is 282 Å². The van der Waals surface area contributed by atoms with Crippen LogP contribution in [-0.2, 0) is 0 Å². The third-order valence-corrected chi connectivity index (χ3v) is 13.3. The van der Waals surface area contributed by atoms with Crippen molar-refractivity contribution in [2.75, 3.05) is 9.80 Å². The molecule has 12 aromatic carbocycles. The summed E-state index contributed by atoms with van der Waals surface area (Å²) < 4.78 is 128. The normalized spacial score (nSPS) is 12.8. The molecule has 0 bridgehead atoms. The molecule has 0 fully saturated rings. The van der Waals surface area contributed by atoms with Gasteiger partial charge in [0.1, 0.15) is 11.6 Å². The number of rotatable bonds is 10. The topological polar surface area (TPSA) is 43.4 Å². The van der Waals surface area contributed by atoms with E-state index in [2.05, 4.69) is 20.6 Å². The van der Waals surface area contributed by atoms with E-state index < -0.39 is 83.4 Å². The molecule has 0 radical (unpaired) electrons. The van der Waals surface area contributed by atoms with Crippen molar-refractivity contribution in [3.8, 4) is 50.6 Å². The van der Waals surface area contributed by atoms with Crippen LogP contribution in [0, 0.1) is 42.7 Å². The van der Waals surface area contributed by atoms with Gasteiger partial charge < -0.3 is 9.80 Å². The maximum absolute atomic E-state index is 18.3. The first-order chi connectivity index (χ1) is 41.5. The van der Waals surface area contributed by atoms with Gasteiger partial charge in [-0.15, -0.1) is 0 Å². The highest BCUT2D eigenvalue weighted by Gasteiger charge is 2.28. The van der Waals surface area contributed by atoms with E-state index in [0.29, 0.717) is 65.7 Å². The summed E-state index contributed by atoms with van der Waals surface area (Å²) >= 11 is 0. The molecule has 0 N–H and O–H groups in total. The Balaban J connectivity index is 1.20. The lowest BCUT2D eigenvalue weighted by molar-refractivity contribution is 0.629. The SMILES string of the molecule is [2H]c1c([2H])c([2H])c(N(c2c(F)cc(-c3cccc([N+]#[C-])c3)cc2-c2cccc(C#N)c2)c2ccc3ccc4c(N(c5c(F)cc(-c6cccc([N+]#[C-])c6)cc5-c5cccc([N+]#[C-])c5)c5c([2H])c([2H])c([2H])c([2H])c5[2H])ccc5ccc2c3c54)c([2H])c1[2H]. The van der Waals surface area contributed by atoms with E-state index >= 15 is 8.78 Å². The van der Waals surface area contributed by atoms with Gasteiger partial charge in [0.25, 0.3) is 0 Å². The molecule has 0 unspecified atom stereocenters. The van der Waals surface area contributed by atoms with Crippen LogP contribution in [0.1, 0.15) is 19.3 Å². The lowest BCUT2D eigenvalue weighted by Gasteiger charge is -2.31. The van der Waals surface area contributed by atoms with Gasteiger partial charge in [-0.1, -0.05) is 139 Å². The van der Waals surface area contributed by atoms with E-state index in [1.165, 1.54) is 21.9 Å². The molecule has 76 heavy (non-hydrogen) atoms. The fraction of sp³-hybridized carbons (Fsp3) is 0. The predicted octanol–water partition coefficient (Wildman–Crippen LogP) is 20.0. The largest absolute Gasteiger partial charge is 0.307 e. The highest BCUT2D eigenvalue weighted by molar-refractivity contribution is 6.28. The number of nitrogens with zero attached hydrogens (tertiary/aromatic N) is 6. The monoisotopic (exact) mass is 986 g/mol. The Morgan fingerprint density at radius 3 is 1.25 bits per heavy atom. The van der Waals surface area contributed by atoms with E-state index in [0.717, 1.165) is 0 Å². The Bertz CT molecular complexity index is 4710. The summed E-state index contributed by atoms with van der Waals surface area (Å²) in [5.74, 6) is -1.82. The molecule has 0 aliphatic heterocycles. The van der Waals surface area contributed by atoms with E-state index in [9.17, 15) is 10.7 Å². The molecule has 0 heterocycles. The summed E-state index contributed by atoms with van der Waals surface area (Å²) in [5.41, 5.74) is 2.42. The number of hydrogen-bond donors (Lipinski definition) is 0. The standard InChI is InChI=1S/C68H38F2N6/c1-72-52-19-11-15-46(35-52)50-38-59(48-17-10-14-43(34-48)42-71)67(61(69)40-50)75(55-22-6-4-7-23-55)63-32-28-44-27-31-58-64(33-29-45-26-30-57(63)65(44)66(45)58)76(56-24-8-5-9-25-56)68-60(49-18-13-21-54(37-49)74-3)39-51(41-62(68)70)47-16-12-20-53(36-47)73-2/h4-41H/i4D,5D,6D,7D,8D,9D,22D,23D,24D,25D. The quantitative estimate of drug-likeness (QED) is 0.101. The van der Waals surface area contributed by atoms with Crippen LogP contribution in [0.25, 0.3) is 91.4 Å². The molecular formula is C68H38F2N6. The van der Waals surface area contributed by atoms with Gasteiger partial charge in [-0.05, 0) is 146 Å². The zero-order valence-corrected chi connectivity index (χ0v) is 39.6. The third-order valence-electron chi connectivity index (χ3n) is 13.3. The van der Waals surface area contributed by atoms with Crippen molar-refractivity contribution in [2.24, 2.45) is 0 Å². The predicted molar refractivity (Wildman–Crippen MR) is 305 cm³/mol. The van der Waals surface area contributed by atoms with E-state index in [-0.39, 0.29) is 56.5 Å². The second-order valence-electron chi connectivity index (χ2n) is 17.6. The summed E-state index contributed by atoms with van der Waals surface area (Å²) in [4.78, 5) is 13.3. The van der Waals surface area contributed by atoms with Crippen LogP contribution in [0.3, 0.4) is 0 Å². The Morgan fingerprint density at radius 2 is 0.816 bits per heavy atom. The Labute approximate surface area is 451 Å². The van der Waals surface area contributed by atoms with Crippen molar-refractivity contribution in [1.29, 1.82) is 5.26 Å². The molecule has 12 rings (SSSR count). The Morgan fingerprint density at radius 1 is 0.421 bits per heavy atom. The van der Waals surface area contributed by atoms with Gasteiger partial charge in [-0.25, -0.2) is 23.3 Å². The van der Waals surface area contributed by atoms with E-state index in [1.54, 1.807) is 158 Å². The fourth-order valence-corrected chi connectivity index (χ4v) is 10.0. The van der Waals surface area contributed by atoms with Gasteiger partial charge in [-0.2, -0.15) is 5.26 Å². The minimum Gasteiger partial charge on any atom is -0.307 e. The van der Waals surface area contributed by atoms with Gasteiger partial charge in [0.15, 0.2) is 17.1 Å². The lowest BCUT2D eigenvalue weighted by atomic mass is 9.90. The summed E-state index contributed by atoms with van der Waals surface area (Å²) in [6.45, 7) is 23.3. The number of halogens is 2. The number of benzene rings is 12. The molecule has 0 atom stereocenters. The van der Waals surface area contributed by atoms with Crippen LogP contribution in [-0.4, -0.2) is 0 Å². The second kappa shape index (κ2) is 19.3. The van der Waals surface area contributed by atoms with Gasteiger partial charge in [-0.3, -0.25) is 0 Å². The molecular weight excluding hydrogens is 939 g/mol. The Kier molecular flexibility index (Phi) is 9.15. The van der Waals surface area contributed by atoms with Crippen molar-refractivity contribution in [3.63, 3.8) is 0 Å². The molecule has 0 saturated carbocycles. The molecule has 0 aliphatic carbocycles. The number of anilines is 6. The van der Waals surface area contributed by atoms with Crippen LogP contribution >= 0.6 is 0 Å². The molecule has 0 spiro atoms. The lowest BCUT2D eigenvalue weighted by Crippen LogP contribution is -2.14. The van der Waals surface area contributed by atoms with Gasteiger partial charge in [0, 0.05) is 33.3 Å². The van der Waals surface area contributed by atoms with Crippen molar-refractivity contribution in [1.82, 2.24) is 0 Å². The van der Waals surface area contributed by atoms with Crippen LogP contribution in [0.5, 0.6) is 0 Å². The first-order valence-electron chi connectivity index (χ1n) is 28.5. The smallest absolute Gasteiger partial charge is 0.187 e. The summed E-state index contributed by atoms with van der Waals surface area (Å²) in [6.07, 6.45) is 0. The maximum atomic E-state index is 18.3. The van der Waals surface area contributed by atoms with Crippen LogP contribution in [0.2, 0.25) is 0 Å². The van der Waals surface area contributed by atoms with E-state index in [4.69, 9.17) is 27.9 Å². The second-order valence-corrected chi connectivity index (χ2v) is 17.6. The first-order valence-corrected chi connectivity index (χ1v) is 23.5. The number of nitriles is 1. The van der Waals surface area contributed by atoms with Crippen LogP contribution < -0.4 is 9.80 Å². The molecule has 12 aromatic rings. The molecule has 0 aliphatic rings. The van der Waals surface area contributed by atoms with Crippen molar-refractivity contribution < 1.29 is 22.5 Å². The third kappa shape index (κ3) is 8.12. The minimum absolute atomic E-state index is 0.128.